The van der Waals surface area contributed by atoms with Crippen molar-refractivity contribution in [2.45, 2.75) is 12.5 Å². The van der Waals surface area contributed by atoms with E-state index in [1.807, 2.05) is 0 Å². The molecule has 0 spiro atoms. The summed E-state index contributed by atoms with van der Waals surface area (Å²) in [4.78, 5) is 3.69. The summed E-state index contributed by atoms with van der Waals surface area (Å²) in [5.74, 6) is -0.470. The molecule has 0 aliphatic rings. The maximum Gasteiger partial charge on any atom is 0.573 e. The Balaban J connectivity index is 2.38. The molecule has 2 rings (SSSR count). The van der Waals surface area contributed by atoms with Crippen LogP contribution < -0.4 is 4.74 Å². The van der Waals surface area contributed by atoms with Crippen molar-refractivity contribution in [2.24, 2.45) is 0 Å². The second-order valence-electron chi connectivity index (χ2n) is 4.13. The zero-order valence-electron chi connectivity index (χ0n) is 10.5. The molecule has 22 heavy (non-hydrogen) atoms. The third-order valence-electron chi connectivity index (χ3n) is 2.51. The zero-order valence-corrected chi connectivity index (χ0v) is 12.6. The molecule has 0 fully saturated rings. The predicted molar refractivity (Wildman–Crippen MR) is 74.1 cm³/mol. The first-order valence-corrected chi connectivity index (χ1v) is 6.73. The number of alkyl halides is 6. The zero-order chi connectivity index (χ0) is 16.5. The summed E-state index contributed by atoms with van der Waals surface area (Å²) in [5.41, 5.74) is -0.565. The van der Waals surface area contributed by atoms with Crippen molar-refractivity contribution in [3.8, 4) is 17.0 Å². The van der Waals surface area contributed by atoms with E-state index in [-0.39, 0.29) is 14.8 Å². The fourth-order valence-corrected chi connectivity index (χ4v) is 2.43. The van der Waals surface area contributed by atoms with Gasteiger partial charge < -0.3 is 4.74 Å². The van der Waals surface area contributed by atoms with Gasteiger partial charge in [0.15, 0.2) is 0 Å². The van der Waals surface area contributed by atoms with E-state index in [2.05, 4.69) is 9.72 Å². The first-order valence-electron chi connectivity index (χ1n) is 5.65. The van der Waals surface area contributed by atoms with Gasteiger partial charge >= 0.3 is 12.5 Å². The number of pyridine rings is 1. The minimum absolute atomic E-state index is 0.140. The summed E-state index contributed by atoms with van der Waals surface area (Å²) in [6.07, 6.45) is -8.75. The van der Waals surface area contributed by atoms with Crippen LogP contribution in [0.2, 0.25) is 0 Å². The summed E-state index contributed by atoms with van der Waals surface area (Å²) in [6.45, 7) is 0. The highest BCUT2D eigenvalue weighted by Crippen LogP contribution is 2.33. The van der Waals surface area contributed by atoms with Crippen LogP contribution in [0.3, 0.4) is 0 Å². The van der Waals surface area contributed by atoms with Gasteiger partial charge in [0.2, 0.25) is 0 Å². The van der Waals surface area contributed by atoms with Gasteiger partial charge in [0.25, 0.3) is 0 Å². The smallest absolute Gasteiger partial charge is 0.406 e. The van der Waals surface area contributed by atoms with E-state index in [4.69, 9.17) is 0 Å². The number of aromatic nitrogens is 1. The van der Waals surface area contributed by atoms with Gasteiger partial charge in [0.05, 0.1) is 11.3 Å². The molecule has 1 aromatic carbocycles. The summed E-state index contributed by atoms with van der Waals surface area (Å²) in [6, 6.07) is 5.76. The van der Waals surface area contributed by atoms with E-state index in [0.717, 1.165) is 18.2 Å². The molecule has 0 saturated heterocycles. The Morgan fingerprint density at radius 3 is 2.23 bits per heavy atom. The Morgan fingerprint density at radius 2 is 1.68 bits per heavy atom. The van der Waals surface area contributed by atoms with Gasteiger partial charge in [0, 0.05) is 15.3 Å². The molecule has 2 nitrogen and oxygen atoms in total. The van der Waals surface area contributed by atoms with Crippen LogP contribution in [-0.4, -0.2) is 11.3 Å². The van der Waals surface area contributed by atoms with Gasteiger partial charge in [-0.15, -0.1) is 13.2 Å². The van der Waals surface area contributed by atoms with Crippen LogP contribution in [0, 0.1) is 3.57 Å². The van der Waals surface area contributed by atoms with Crippen LogP contribution >= 0.6 is 22.6 Å². The second kappa shape index (κ2) is 5.94. The molecule has 0 aliphatic heterocycles. The fourth-order valence-electron chi connectivity index (χ4n) is 1.65. The molecule has 0 amide bonds. The van der Waals surface area contributed by atoms with Crippen LogP contribution in [0.1, 0.15) is 5.56 Å². The van der Waals surface area contributed by atoms with E-state index >= 15 is 0 Å². The molecule has 0 N–H and O–H groups in total. The molecule has 2 aromatic rings. The van der Waals surface area contributed by atoms with Crippen molar-refractivity contribution in [3.63, 3.8) is 0 Å². The maximum atomic E-state index is 12.6. The minimum Gasteiger partial charge on any atom is -0.406 e. The minimum atomic E-state index is -4.85. The molecule has 0 bridgehead atoms. The SMILES string of the molecule is FC(F)(F)Oc1cccc(-c2ncc(C(F)(F)F)cc2I)c1. The van der Waals surface area contributed by atoms with Gasteiger partial charge in [-0.2, -0.15) is 13.2 Å². The number of ether oxygens (including phenoxy) is 1. The number of halogens is 7. The van der Waals surface area contributed by atoms with Crippen molar-refractivity contribution in [2.75, 3.05) is 0 Å². The number of hydrogen-bond donors (Lipinski definition) is 0. The lowest BCUT2D eigenvalue weighted by atomic mass is 10.1. The van der Waals surface area contributed by atoms with Crippen molar-refractivity contribution < 1.29 is 31.1 Å². The molecule has 0 aliphatic carbocycles. The number of rotatable bonds is 2. The molecule has 0 radical (unpaired) electrons. The molecule has 1 heterocycles. The van der Waals surface area contributed by atoms with E-state index in [1.54, 1.807) is 22.6 Å². The van der Waals surface area contributed by atoms with Crippen LogP contribution in [0.4, 0.5) is 26.3 Å². The molecule has 9 heteroatoms. The highest BCUT2D eigenvalue weighted by molar-refractivity contribution is 14.1. The Hall–Kier alpha value is -1.52. The normalized spacial score (nSPS) is 12.3. The van der Waals surface area contributed by atoms with E-state index in [1.165, 1.54) is 12.1 Å². The Labute approximate surface area is 134 Å². The highest BCUT2D eigenvalue weighted by Gasteiger charge is 2.32. The Kier molecular flexibility index (Phi) is 4.54. The lowest BCUT2D eigenvalue weighted by Crippen LogP contribution is -2.17. The molecule has 0 saturated carbocycles. The van der Waals surface area contributed by atoms with E-state index in [0.29, 0.717) is 6.20 Å². The monoisotopic (exact) mass is 433 g/mol. The quantitative estimate of drug-likeness (QED) is 0.476. The van der Waals surface area contributed by atoms with Gasteiger partial charge in [-0.05, 0) is 40.8 Å². The predicted octanol–water partition coefficient (Wildman–Crippen LogP) is 5.27. The third kappa shape index (κ3) is 4.24. The maximum absolute atomic E-state index is 12.6. The van der Waals surface area contributed by atoms with E-state index in [9.17, 15) is 26.3 Å². The van der Waals surface area contributed by atoms with Crippen LogP contribution in [0.15, 0.2) is 36.5 Å². The van der Waals surface area contributed by atoms with Gasteiger partial charge in [-0.3, -0.25) is 4.98 Å². The van der Waals surface area contributed by atoms with Crippen LogP contribution in [0.25, 0.3) is 11.3 Å². The number of hydrogen-bond acceptors (Lipinski definition) is 2. The van der Waals surface area contributed by atoms with Crippen molar-refractivity contribution >= 4 is 22.6 Å². The molecule has 0 unspecified atom stereocenters. The van der Waals surface area contributed by atoms with Crippen LogP contribution in [-0.2, 0) is 6.18 Å². The first kappa shape index (κ1) is 16.8. The number of nitrogens with zero attached hydrogens (tertiary/aromatic N) is 1. The lowest BCUT2D eigenvalue weighted by Gasteiger charge is -2.12. The van der Waals surface area contributed by atoms with Gasteiger partial charge in [-0.1, -0.05) is 12.1 Å². The third-order valence-corrected chi connectivity index (χ3v) is 3.33. The highest BCUT2D eigenvalue weighted by atomic mass is 127. The molecule has 1 aromatic heterocycles. The van der Waals surface area contributed by atoms with Crippen molar-refractivity contribution in [3.05, 3.63) is 45.7 Å². The lowest BCUT2D eigenvalue weighted by molar-refractivity contribution is -0.274. The Morgan fingerprint density at radius 1 is 1.00 bits per heavy atom. The average Bonchev–Trinajstić information content (AvgIpc) is 2.35. The Bertz CT molecular complexity index is 683. The summed E-state index contributed by atoms with van der Waals surface area (Å²) >= 11 is 1.64. The van der Waals surface area contributed by atoms with Crippen molar-refractivity contribution in [1.29, 1.82) is 0 Å². The van der Waals surface area contributed by atoms with Gasteiger partial charge in [0.1, 0.15) is 5.75 Å². The second-order valence-corrected chi connectivity index (χ2v) is 5.29. The van der Waals surface area contributed by atoms with Crippen LogP contribution in [0.5, 0.6) is 5.75 Å². The fraction of sp³-hybridized carbons (Fsp3) is 0.154. The number of benzene rings is 1. The van der Waals surface area contributed by atoms with Crippen molar-refractivity contribution in [1.82, 2.24) is 4.98 Å². The van der Waals surface area contributed by atoms with E-state index < -0.39 is 23.9 Å². The molecular formula is C13H6F6INO. The summed E-state index contributed by atoms with van der Waals surface area (Å²) in [7, 11) is 0. The molecule has 0 atom stereocenters. The topological polar surface area (TPSA) is 22.1 Å². The largest absolute Gasteiger partial charge is 0.573 e. The average molecular weight is 433 g/mol. The molecular weight excluding hydrogens is 427 g/mol. The van der Waals surface area contributed by atoms with Gasteiger partial charge in [-0.25, -0.2) is 0 Å². The summed E-state index contributed by atoms with van der Waals surface area (Å²) < 4.78 is 78.1. The first-order chi connectivity index (χ1) is 10.1. The summed E-state index contributed by atoms with van der Waals surface area (Å²) in [5, 5.41) is 0. The standard InChI is InChI=1S/C13H6F6INO/c14-12(15,16)8-5-10(20)11(21-6-8)7-2-1-3-9(4-7)22-13(17,18)19/h1-6H. The molecule has 118 valence electrons.